The third-order valence-electron chi connectivity index (χ3n) is 5.14. The van der Waals surface area contributed by atoms with Gasteiger partial charge in [-0.15, -0.1) is 11.8 Å². The van der Waals surface area contributed by atoms with Gasteiger partial charge in [-0.25, -0.2) is 4.39 Å². The van der Waals surface area contributed by atoms with E-state index < -0.39 is 5.82 Å². The van der Waals surface area contributed by atoms with Crippen LogP contribution in [-0.2, 0) is 9.59 Å². The van der Waals surface area contributed by atoms with E-state index in [-0.39, 0.29) is 23.1 Å². The summed E-state index contributed by atoms with van der Waals surface area (Å²) < 4.78 is 14.4. The Morgan fingerprint density at radius 2 is 2.04 bits per heavy atom. The number of carbonyl (C=O) groups is 2. The van der Waals surface area contributed by atoms with Crippen LogP contribution in [0.25, 0.3) is 0 Å². The molecule has 140 valence electrons. The summed E-state index contributed by atoms with van der Waals surface area (Å²) in [4.78, 5) is 26.2. The van der Waals surface area contributed by atoms with Crippen LogP contribution in [0, 0.1) is 18.7 Å². The third-order valence-corrected chi connectivity index (χ3v) is 6.36. The number of halogens is 1. The SMILES string of the molecule is Cc1ccc(F)c(N2C(=O)CS[C@H]2c2cccc(NC(=O)C3CCC3)c2)c1. The van der Waals surface area contributed by atoms with Crippen molar-refractivity contribution in [2.45, 2.75) is 31.6 Å². The van der Waals surface area contributed by atoms with Gasteiger partial charge in [-0.2, -0.15) is 0 Å². The van der Waals surface area contributed by atoms with E-state index in [1.165, 1.54) is 22.7 Å². The number of hydrogen-bond donors (Lipinski definition) is 1. The highest BCUT2D eigenvalue weighted by Gasteiger charge is 2.35. The van der Waals surface area contributed by atoms with Crippen LogP contribution >= 0.6 is 11.8 Å². The van der Waals surface area contributed by atoms with Crippen LogP contribution in [0.4, 0.5) is 15.8 Å². The predicted molar refractivity (Wildman–Crippen MR) is 106 cm³/mol. The normalized spacial score (nSPS) is 19.9. The molecule has 1 atom stereocenters. The topological polar surface area (TPSA) is 49.4 Å². The van der Waals surface area contributed by atoms with Crippen molar-refractivity contribution in [1.82, 2.24) is 0 Å². The molecule has 0 unspecified atom stereocenters. The molecule has 0 spiro atoms. The number of amides is 2. The van der Waals surface area contributed by atoms with E-state index in [0.29, 0.717) is 17.1 Å². The first-order chi connectivity index (χ1) is 13.0. The Hall–Kier alpha value is -2.34. The van der Waals surface area contributed by atoms with E-state index in [1.54, 1.807) is 12.1 Å². The van der Waals surface area contributed by atoms with Gasteiger partial charge in [0.1, 0.15) is 11.2 Å². The van der Waals surface area contributed by atoms with E-state index in [0.717, 1.165) is 30.4 Å². The molecule has 1 aliphatic heterocycles. The zero-order valence-electron chi connectivity index (χ0n) is 15.1. The van der Waals surface area contributed by atoms with Gasteiger partial charge in [0.05, 0.1) is 11.4 Å². The molecule has 1 saturated heterocycles. The maximum absolute atomic E-state index is 14.4. The lowest BCUT2D eigenvalue weighted by molar-refractivity contribution is -0.122. The first-order valence-corrected chi connectivity index (χ1v) is 10.2. The predicted octanol–water partition coefficient (Wildman–Crippen LogP) is 4.65. The highest BCUT2D eigenvalue weighted by Crippen LogP contribution is 2.43. The largest absolute Gasteiger partial charge is 0.326 e. The highest BCUT2D eigenvalue weighted by molar-refractivity contribution is 8.00. The molecule has 4 rings (SSSR count). The minimum Gasteiger partial charge on any atom is -0.326 e. The smallest absolute Gasteiger partial charge is 0.238 e. The fraction of sp³-hybridized carbons (Fsp3) is 0.333. The average Bonchev–Trinajstić information content (AvgIpc) is 2.97. The molecule has 1 saturated carbocycles. The lowest BCUT2D eigenvalue weighted by Gasteiger charge is -2.26. The van der Waals surface area contributed by atoms with Gasteiger partial charge in [0, 0.05) is 11.6 Å². The fourth-order valence-electron chi connectivity index (χ4n) is 3.42. The number of aryl methyl sites for hydroxylation is 1. The number of rotatable bonds is 4. The number of hydrogen-bond acceptors (Lipinski definition) is 3. The summed E-state index contributed by atoms with van der Waals surface area (Å²) in [5.74, 6) is -0.0603. The number of anilines is 2. The van der Waals surface area contributed by atoms with Crippen molar-refractivity contribution in [3.63, 3.8) is 0 Å². The van der Waals surface area contributed by atoms with Gasteiger partial charge in [0.25, 0.3) is 0 Å². The van der Waals surface area contributed by atoms with Gasteiger partial charge < -0.3 is 5.32 Å². The van der Waals surface area contributed by atoms with Crippen molar-refractivity contribution in [1.29, 1.82) is 0 Å². The van der Waals surface area contributed by atoms with Gasteiger partial charge in [-0.3, -0.25) is 14.5 Å². The van der Waals surface area contributed by atoms with Crippen LogP contribution in [-0.4, -0.2) is 17.6 Å². The second-order valence-electron chi connectivity index (χ2n) is 7.12. The molecular weight excluding hydrogens is 363 g/mol. The first kappa shape index (κ1) is 18.0. The quantitative estimate of drug-likeness (QED) is 0.835. The summed E-state index contributed by atoms with van der Waals surface area (Å²) in [6.45, 7) is 1.88. The fourth-order valence-corrected chi connectivity index (χ4v) is 4.58. The molecule has 2 aliphatic rings. The monoisotopic (exact) mass is 384 g/mol. The zero-order chi connectivity index (χ0) is 19.0. The number of benzene rings is 2. The van der Waals surface area contributed by atoms with Gasteiger partial charge >= 0.3 is 0 Å². The Bertz CT molecular complexity index is 898. The van der Waals surface area contributed by atoms with Gasteiger partial charge in [-0.1, -0.05) is 24.6 Å². The maximum atomic E-state index is 14.4. The summed E-state index contributed by atoms with van der Waals surface area (Å²) in [7, 11) is 0. The summed E-state index contributed by atoms with van der Waals surface area (Å²) >= 11 is 1.47. The van der Waals surface area contributed by atoms with E-state index >= 15 is 0 Å². The molecule has 1 aliphatic carbocycles. The number of thioether (sulfide) groups is 1. The highest BCUT2D eigenvalue weighted by atomic mass is 32.2. The van der Waals surface area contributed by atoms with E-state index in [4.69, 9.17) is 0 Å². The number of nitrogens with zero attached hydrogens (tertiary/aromatic N) is 1. The van der Waals surface area contributed by atoms with Crippen LogP contribution in [0.2, 0.25) is 0 Å². The molecule has 1 heterocycles. The Balaban J connectivity index is 1.61. The standard InChI is InChI=1S/C21H21FN2O2S/c1-13-8-9-17(22)18(10-13)24-19(25)12-27-21(24)15-6-3-7-16(11-15)23-20(26)14-4-2-5-14/h3,6-11,14,21H,2,4-5,12H2,1H3,(H,23,26)/t21-/m0/s1. The summed E-state index contributed by atoms with van der Waals surface area (Å²) in [5, 5.41) is 2.66. The summed E-state index contributed by atoms with van der Waals surface area (Å²) in [6.07, 6.45) is 2.99. The Kier molecular flexibility index (Phi) is 4.91. The van der Waals surface area contributed by atoms with E-state index in [9.17, 15) is 14.0 Å². The lowest BCUT2D eigenvalue weighted by Crippen LogP contribution is -2.29. The van der Waals surface area contributed by atoms with Crippen molar-refractivity contribution in [3.8, 4) is 0 Å². The summed E-state index contributed by atoms with van der Waals surface area (Å²) in [6, 6.07) is 12.3. The van der Waals surface area contributed by atoms with Crippen LogP contribution in [0.1, 0.15) is 35.8 Å². The molecule has 1 N–H and O–H groups in total. The van der Waals surface area contributed by atoms with Gasteiger partial charge in [-0.05, 0) is 55.2 Å². The van der Waals surface area contributed by atoms with Gasteiger partial charge in [0.15, 0.2) is 0 Å². The Morgan fingerprint density at radius 3 is 2.78 bits per heavy atom. The maximum Gasteiger partial charge on any atom is 0.238 e. The second kappa shape index (κ2) is 7.35. The zero-order valence-corrected chi connectivity index (χ0v) is 15.9. The molecule has 2 aromatic carbocycles. The molecule has 6 heteroatoms. The van der Waals surface area contributed by atoms with Crippen molar-refractivity contribution >= 4 is 35.0 Å². The molecule has 27 heavy (non-hydrogen) atoms. The van der Waals surface area contributed by atoms with Gasteiger partial charge in [0.2, 0.25) is 11.8 Å². The molecule has 2 amide bonds. The summed E-state index contributed by atoms with van der Waals surface area (Å²) in [5.41, 5.74) is 2.79. The Labute approximate surface area is 162 Å². The van der Waals surface area contributed by atoms with E-state index in [2.05, 4.69) is 5.32 Å². The van der Waals surface area contributed by atoms with Crippen molar-refractivity contribution in [2.24, 2.45) is 5.92 Å². The minimum absolute atomic E-state index is 0.0511. The molecule has 4 nitrogen and oxygen atoms in total. The van der Waals surface area contributed by atoms with Crippen LogP contribution in [0.3, 0.4) is 0 Å². The van der Waals surface area contributed by atoms with Crippen molar-refractivity contribution in [2.75, 3.05) is 16.0 Å². The molecule has 0 radical (unpaired) electrons. The van der Waals surface area contributed by atoms with Crippen LogP contribution < -0.4 is 10.2 Å². The second-order valence-corrected chi connectivity index (χ2v) is 8.19. The third kappa shape index (κ3) is 3.58. The van der Waals surface area contributed by atoms with E-state index in [1.807, 2.05) is 31.2 Å². The average molecular weight is 384 g/mol. The first-order valence-electron chi connectivity index (χ1n) is 9.13. The van der Waals surface area contributed by atoms with Crippen molar-refractivity contribution in [3.05, 3.63) is 59.4 Å². The molecular formula is C21H21FN2O2S. The molecule has 0 aromatic heterocycles. The van der Waals surface area contributed by atoms with Crippen LogP contribution in [0.5, 0.6) is 0 Å². The van der Waals surface area contributed by atoms with Crippen molar-refractivity contribution < 1.29 is 14.0 Å². The lowest BCUT2D eigenvalue weighted by atomic mass is 9.85. The van der Waals surface area contributed by atoms with Crippen LogP contribution in [0.15, 0.2) is 42.5 Å². The molecule has 2 aromatic rings. The number of carbonyl (C=O) groups excluding carboxylic acids is 2. The Morgan fingerprint density at radius 1 is 1.22 bits per heavy atom. The minimum atomic E-state index is -0.407. The molecule has 0 bridgehead atoms. The number of nitrogens with one attached hydrogen (secondary N) is 1. The molecule has 2 fully saturated rings.